The summed E-state index contributed by atoms with van der Waals surface area (Å²) >= 11 is 4.99. The monoisotopic (exact) mass is 415 g/mol. The molecule has 0 heterocycles. The molecule has 2 aromatic rings. The van der Waals surface area contributed by atoms with Crippen molar-refractivity contribution in [2.45, 2.75) is 39.0 Å². The second kappa shape index (κ2) is 13.8. The van der Waals surface area contributed by atoms with Crippen molar-refractivity contribution in [3.63, 3.8) is 0 Å². The van der Waals surface area contributed by atoms with Gasteiger partial charge in [0.2, 0.25) is 0 Å². The summed E-state index contributed by atoms with van der Waals surface area (Å²) in [5.74, 6) is 0.481. The van der Waals surface area contributed by atoms with Crippen LogP contribution in [0.15, 0.2) is 60.7 Å². The predicted octanol–water partition coefficient (Wildman–Crippen LogP) is 5.56. The van der Waals surface area contributed by atoms with Gasteiger partial charge in [0, 0.05) is 13.1 Å². The van der Waals surface area contributed by atoms with E-state index < -0.39 is 5.97 Å². The molecule has 2 aromatic carbocycles. The van der Waals surface area contributed by atoms with E-state index in [2.05, 4.69) is 65.1 Å². The van der Waals surface area contributed by atoms with E-state index in [4.69, 9.17) is 16.6 Å². The van der Waals surface area contributed by atoms with Crippen LogP contribution in [0.2, 0.25) is 0 Å². The van der Waals surface area contributed by atoms with E-state index in [1.165, 1.54) is 24.0 Å². The first-order valence-corrected chi connectivity index (χ1v) is 10.5. The number of hydrogen-bond acceptors (Lipinski definition) is 4. The van der Waals surface area contributed by atoms with Crippen LogP contribution in [-0.2, 0) is 15.5 Å². The summed E-state index contributed by atoms with van der Waals surface area (Å²) in [5, 5.41) is 3.16. The predicted molar refractivity (Wildman–Crippen MR) is 119 cm³/mol. The van der Waals surface area contributed by atoms with Gasteiger partial charge in [0.05, 0.1) is 13.0 Å². The molecule has 4 nitrogen and oxygen atoms in total. The number of rotatable bonds is 13. The van der Waals surface area contributed by atoms with E-state index in [1.54, 1.807) is 0 Å². The van der Waals surface area contributed by atoms with Crippen molar-refractivity contribution >= 4 is 23.4 Å². The smallest absolute Gasteiger partial charge is 0.326 e. The molecule has 5 heteroatoms. The van der Waals surface area contributed by atoms with Crippen molar-refractivity contribution in [2.24, 2.45) is 0 Å². The zero-order valence-electron chi connectivity index (χ0n) is 17.0. The van der Waals surface area contributed by atoms with Gasteiger partial charge in [-0.05, 0) is 61.4 Å². The molecule has 2 rings (SSSR count). The summed E-state index contributed by atoms with van der Waals surface area (Å²) in [6.07, 6.45) is 6.91. The molecule has 156 valence electrons. The highest BCUT2D eigenvalue weighted by atomic mass is 35.5. The first-order chi connectivity index (χ1) is 14.2. The topological polar surface area (TPSA) is 47.6 Å². The van der Waals surface area contributed by atoms with Crippen molar-refractivity contribution in [1.29, 1.82) is 0 Å². The number of nitrogens with one attached hydrogen (secondary N) is 1. The van der Waals surface area contributed by atoms with Gasteiger partial charge in [-0.25, -0.2) is 0 Å². The number of carbonyl (C=O) groups is 1. The van der Waals surface area contributed by atoms with Crippen LogP contribution in [-0.4, -0.2) is 25.7 Å². The third kappa shape index (κ3) is 9.64. The first kappa shape index (κ1) is 23.0. The fourth-order valence-electron chi connectivity index (χ4n) is 2.93. The Morgan fingerprint density at radius 2 is 1.79 bits per heavy atom. The van der Waals surface area contributed by atoms with Crippen LogP contribution in [0.5, 0.6) is 5.75 Å². The number of ether oxygens (including phenoxy) is 1. The lowest BCUT2D eigenvalue weighted by Gasteiger charge is -2.08. The third-order valence-corrected chi connectivity index (χ3v) is 4.85. The Kier molecular flexibility index (Phi) is 10.9. The van der Waals surface area contributed by atoms with Crippen LogP contribution in [0.4, 0.5) is 0 Å². The molecule has 0 aliphatic heterocycles. The molecule has 0 aromatic heterocycles. The molecule has 0 radical (unpaired) electrons. The second-order valence-corrected chi connectivity index (χ2v) is 7.11. The number of benzene rings is 2. The fourth-order valence-corrected chi connectivity index (χ4v) is 3.01. The van der Waals surface area contributed by atoms with Crippen LogP contribution in [0.25, 0.3) is 5.57 Å². The molecule has 0 bridgehead atoms. The number of aryl methyl sites for hydroxylation is 1. The zero-order chi connectivity index (χ0) is 20.7. The van der Waals surface area contributed by atoms with Crippen molar-refractivity contribution < 1.29 is 13.8 Å². The largest absolute Gasteiger partial charge is 0.494 e. The molecule has 0 saturated heterocycles. The zero-order valence-corrected chi connectivity index (χ0v) is 17.8. The third-order valence-electron chi connectivity index (χ3n) is 4.68. The van der Waals surface area contributed by atoms with Gasteiger partial charge in [-0.3, -0.25) is 4.79 Å². The summed E-state index contributed by atoms with van der Waals surface area (Å²) in [6.45, 7) is 4.03. The SMILES string of the molecule is C/C(=C\CNCCC(=O)OCl)c1ccc(OCCCCCc2ccccc2)cc1. The van der Waals surface area contributed by atoms with Crippen LogP contribution in [0.3, 0.4) is 0 Å². The fraction of sp³-hybridized carbons (Fsp3) is 0.375. The molecule has 0 fully saturated rings. The molecule has 0 atom stereocenters. The molecule has 1 N–H and O–H groups in total. The summed E-state index contributed by atoms with van der Waals surface area (Å²) in [4.78, 5) is 10.9. The van der Waals surface area contributed by atoms with Gasteiger partial charge in [0.15, 0.2) is 0 Å². The van der Waals surface area contributed by atoms with Crippen LogP contribution in [0, 0.1) is 0 Å². The minimum atomic E-state index is -0.424. The molecular formula is C24H30ClNO3. The standard InChI is InChI=1S/C24H30ClNO3/c1-20(15-17-26-18-16-24(27)29-25)22-11-13-23(14-12-22)28-19-7-3-6-10-21-8-4-2-5-9-21/h2,4-5,8-9,11-15,26H,3,6-7,10,16-19H2,1H3/b20-15+. The summed E-state index contributed by atoms with van der Waals surface area (Å²) in [5.41, 5.74) is 3.73. The van der Waals surface area contributed by atoms with E-state index in [9.17, 15) is 4.79 Å². The molecular weight excluding hydrogens is 386 g/mol. The Morgan fingerprint density at radius 1 is 1.03 bits per heavy atom. The number of halogens is 1. The lowest BCUT2D eigenvalue weighted by Crippen LogP contribution is -2.18. The number of allylic oxidation sites excluding steroid dienone is 1. The minimum absolute atomic E-state index is 0.259. The summed E-state index contributed by atoms with van der Waals surface area (Å²) in [7, 11) is 0. The van der Waals surface area contributed by atoms with E-state index in [0.29, 0.717) is 13.1 Å². The highest BCUT2D eigenvalue weighted by Crippen LogP contribution is 2.18. The molecule has 0 aliphatic carbocycles. The Balaban J connectivity index is 1.60. The van der Waals surface area contributed by atoms with E-state index in [-0.39, 0.29) is 6.42 Å². The normalized spacial score (nSPS) is 11.3. The summed E-state index contributed by atoms with van der Waals surface area (Å²) in [6, 6.07) is 18.8. The first-order valence-electron chi connectivity index (χ1n) is 10.1. The Hall–Kier alpha value is -2.30. The molecule has 0 unspecified atom stereocenters. The van der Waals surface area contributed by atoms with Gasteiger partial charge in [0.25, 0.3) is 0 Å². The highest BCUT2D eigenvalue weighted by molar-refractivity contribution is 6.13. The average Bonchev–Trinajstić information content (AvgIpc) is 2.76. The van der Waals surface area contributed by atoms with E-state index >= 15 is 0 Å². The van der Waals surface area contributed by atoms with Crippen molar-refractivity contribution in [1.82, 2.24) is 5.32 Å². The van der Waals surface area contributed by atoms with Crippen molar-refractivity contribution in [2.75, 3.05) is 19.7 Å². The maximum absolute atomic E-state index is 10.9. The molecule has 0 saturated carbocycles. The lowest BCUT2D eigenvalue weighted by atomic mass is 10.1. The van der Waals surface area contributed by atoms with E-state index in [1.807, 2.05) is 12.1 Å². The Morgan fingerprint density at radius 3 is 2.52 bits per heavy atom. The van der Waals surface area contributed by atoms with Gasteiger partial charge < -0.3 is 14.3 Å². The maximum atomic E-state index is 10.9. The van der Waals surface area contributed by atoms with Crippen molar-refractivity contribution in [3.8, 4) is 5.75 Å². The molecule has 0 aliphatic rings. The molecule has 29 heavy (non-hydrogen) atoms. The van der Waals surface area contributed by atoms with Gasteiger partial charge in [-0.15, -0.1) is 0 Å². The average molecular weight is 416 g/mol. The Labute approximate surface area is 179 Å². The number of hydrogen-bond donors (Lipinski definition) is 1. The van der Waals surface area contributed by atoms with Gasteiger partial charge in [-0.2, -0.15) is 0 Å². The second-order valence-electron chi connectivity index (χ2n) is 6.96. The summed E-state index contributed by atoms with van der Waals surface area (Å²) < 4.78 is 9.94. The van der Waals surface area contributed by atoms with Gasteiger partial charge >= 0.3 is 5.97 Å². The molecule has 0 spiro atoms. The minimum Gasteiger partial charge on any atom is -0.494 e. The van der Waals surface area contributed by atoms with Crippen LogP contribution < -0.4 is 10.1 Å². The van der Waals surface area contributed by atoms with Crippen LogP contribution >= 0.6 is 11.9 Å². The molecule has 0 amide bonds. The quantitative estimate of drug-likeness (QED) is 0.435. The van der Waals surface area contributed by atoms with E-state index in [0.717, 1.165) is 30.8 Å². The van der Waals surface area contributed by atoms with Crippen molar-refractivity contribution in [3.05, 3.63) is 71.8 Å². The maximum Gasteiger partial charge on any atom is 0.326 e. The Bertz CT molecular complexity index is 744. The van der Waals surface area contributed by atoms with Gasteiger partial charge in [0.1, 0.15) is 17.6 Å². The number of carbonyl (C=O) groups excluding carboxylic acids is 1. The lowest BCUT2D eigenvalue weighted by molar-refractivity contribution is -0.133. The van der Waals surface area contributed by atoms with Crippen LogP contribution in [0.1, 0.15) is 43.7 Å². The number of unbranched alkanes of at least 4 members (excludes halogenated alkanes) is 2. The van der Waals surface area contributed by atoms with Gasteiger partial charge in [-0.1, -0.05) is 48.5 Å². The highest BCUT2D eigenvalue weighted by Gasteiger charge is 2.01.